The third kappa shape index (κ3) is 7.76. The van der Waals surface area contributed by atoms with Crippen molar-refractivity contribution in [1.82, 2.24) is 40.0 Å². The van der Waals surface area contributed by atoms with Gasteiger partial charge in [0, 0.05) is 31.9 Å². The molecule has 0 bridgehead atoms. The minimum atomic E-state index is -1.14. The van der Waals surface area contributed by atoms with Crippen LogP contribution in [-0.2, 0) is 20.7 Å². The highest BCUT2D eigenvalue weighted by molar-refractivity contribution is 5.86. The largest absolute Gasteiger partial charge is 0.465 e. The van der Waals surface area contributed by atoms with Crippen LogP contribution in [0.25, 0.3) is 33.6 Å². The van der Waals surface area contributed by atoms with Crippen LogP contribution in [0.15, 0.2) is 54.7 Å². The van der Waals surface area contributed by atoms with Gasteiger partial charge in [-0.15, -0.1) is 0 Å². The van der Waals surface area contributed by atoms with Gasteiger partial charge < -0.3 is 34.9 Å². The van der Waals surface area contributed by atoms with Crippen molar-refractivity contribution in [3.63, 3.8) is 0 Å². The molecule has 280 valence electrons. The molecule has 2 fully saturated rings. The van der Waals surface area contributed by atoms with Crippen LogP contribution in [0.1, 0.15) is 82.3 Å². The molecule has 0 unspecified atom stereocenters. The van der Waals surface area contributed by atoms with Crippen molar-refractivity contribution in [2.45, 2.75) is 83.5 Å². The molecule has 2 aromatic heterocycles. The van der Waals surface area contributed by atoms with E-state index in [-0.39, 0.29) is 23.9 Å². The van der Waals surface area contributed by atoms with Gasteiger partial charge in [-0.3, -0.25) is 14.5 Å². The quantitative estimate of drug-likeness (QED) is 0.142. The number of nitrogens with zero attached hydrogens (tertiary/aromatic N) is 5. The predicted molar refractivity (Wildman–Crippen MR) is 199 cm³/mol. The lowest BCUT2D eigenvalue weighted by Gasteiger charge is -2.29. The predicted octanol–water partition coefficient (Wildman–Crippen LogP) is 6.16. The Hall–Kier alpha value is -5.66. The lowest BCUT2D eigenvalue weighted by Crippen LogP contribution is -2.47. The highest BCUT2D eigenvalue weighted by atomic mass is 16.5. The van der Waals surface area contributed by atoms with E-state index in [0.29, 0.717) is 18.9 Å². The summed E-state index contributed by atoms with van der Waals surface area (Å²) >= 11 is 0. The Morgan fingerprint density at radius 2 is 1.45 bits per heavy atom. The van der Waals surface area contributed by atoms with Gasteiger partial charge in [-0.1, -0.05) is 61.9 Å². The van der Waals surface area contributed by atoms with Crippen LogP contribution in [0.4, 0.5) is 9.59 Å². The molecular formula is C39H48N8O6. The number of carboxylic acid groups (broad SMARTS) is 1. The molecule has 53 heavy (non-hydrogen) atoms. The third-order valence-electron chi connectivity index (χ3n) is 10.4. The number of carbonyl (C=O) groups excluding carboxylic acids is 3. The number of benzene rings is 2. The van der Waals surface area contributed by atoms with Crippen molar-refractivity contribution in [2.24, 2.45) is 0 Å². The van der Waals surface area contributed by atoms with E-state index < -0.39 is 24.3 Å². The maximum atomic E-state index is 13.3. The van der Waals surface area contributed by atoms with Crippen molar-refractivity contribution in [3.05, 3.63) is 72.1 Å². The number of aromatic nitrogens is 4. The second-order valence-corrected chi connectivity index (χ2v) is 13.8. The number of likely N-dealkylation sites (N-methyl/N-ethyl adjacent to an activating group) is 1. The molecule has 2 aliphatic heterocycles. The fourth-order valence-electron chi connectivity index (χ4n) is 7.31. The normalized spacial score (nSPS) is 18.1. The molecule has 6 rings (SSSR count). The number of nitrogens with one attached hydrogen (secondary N) is 3. The van der Waals surface area contributed by atoms with Crippen LogP contribution in [0, 0.1) is 0 Å². The van der Waals surface area contributed by atoms with Crippen molar-refractivity contribution in [2.75, 3.05) is 27.2 Å². The zero-order chi connectivity index (χ0) is 37.8. The molecule has 4 heterocycles. The Bertz CT molecular complexity index is 1940. The number of carbonyl (C=O) groups is 4. The average molecular weight is 725 g/mol. The summed E-state index contributed by atoms with van der Waals surface area (Å²) in [5, 5.41) is 11.9. The molecule has 0 spiro atoms. The average Bonchev–Trinajstić information content (AvgIpc) is 4.00. The Kier molecular flexibility index (Phi) is 11.2. The van der Waals surface area contributed by atoms with Crippen LogP contribution < -0.4 is 5.32 Å². The van der Waals surface area contributed by atoms with Gasteiger partial charge in [0.15, 0.2) is 0 Å². The summed E-state index contributed by atoms with van der Waals surface area (Å²) in [6, 6.07) is 14.6. The molecule has 2 saturated heterocycles. The first kappa shape index (κ1) is 37.1. The van der Waals surface area contributed by atoms with E-state index in [0.717, 1.165) is 88.6 Å². The van der Waals surface area contributed by atoms with Crippen molar-refractivity contribution < 1.29 is 29.0 Å². The molecule has 2 aliphatic rings. The fraction of sp³-hybridized carbons (Fsp3) is 0.436. The summed E-state index contributed by atoms with van der Waals surface area (Å²) in [7, 11) is 2.68. The highest BCUT2D eigenvalue weighted by Crippen LogP contribution is 2.36. The number of methoxy groups -OCH3 is 1. The second-order valence-electron chi connectivity index (χ2n) is 13.8. The van der Waals surface area contributed by atoms with Crippen LogP contribution in [-0.4, -0.2) is 103 Å². The van der Waals surface area contributed by atoms with Crippen LogP contribution in [0.5, 0.6) is 0 Å². The highest BCUT2D eigenvalue weighted by Gasteiger charge is 2.37. The van der Waals surface area contributed by atoms with Gasteiger partial charge in [0.1, 0.15) is 23.7 Å². The molecule has 4 N–H and O–H groups in total. The van der Waals surface area contributed by atoms with Gasteiger partial charge in [-0.25, -0.2) is 19.6 Å². The number of likely N-dealkylation sites (tertiary alicyclic amines) is 2. The summed E-state index contributed by atoms with van der Waals surface area (Å²) in [6.07, 6.45) is 5.00. The standard InChI is InChI=1S/C39H48N8O6/c1-6-9-29-33(44-35(42-29)32-11-8-20-46(32)36(48)23(2)41-38(50)53-5)28-18-14-26(15-19-28)25-12-16-27(17-13-25)30-22-40-34(43-30)31-10-7-21-47(31)37(49)24(3)45(4)39(51)52/h12-19,22-24,31-32H,6-11,20-21H2,1-5H3,(H,40,43)(H,41,50)(H,42,44)(H,51,52)/t23-,24-,31-,32-/m0/s1. The zero-order valence-electron chi connectivity index (χ0n) is 30.9. The van der Waals surface area contributed by atoms with Gasteiger partial charge in [-0.05, 0) is 62.6 Å². The van der Waals surface area contributed by atoms with Gasteiger partial charge in [0.25, 0.3) is 0 Å². The number of alkyl carbamates (subject to hydrolysis) is 1. The molecule has 2 aromatic carbocycles. The first-order chi connectivity index (χ1) is 25.5. The zero-order valence-corrected chi connectivity index (χ0v) is 30.9. The topological polar surface area (TPSA) is 177 Å². The second kappa shape index (κ2) is 15.9. The lowest BCUT2D eigenvalue weighted by molar-refractivity contribution is -0.136. The number of rotatable bonds is 11. The van der Waals surface area contributed by atoms with Crippen molar-refractivity contribution in [3.8, 4) is 33.6 Å². The molecular weight excluding hydrogens is 676 g/mol. The van der Waals surface area contributed by atoms with Crippen molar-refractivity contribution in [1.29, 1.82) is 0 Å². The molecule has 4 aromatic rings. The van der Waals surface area contributed by atoms with Crippen LogP contribution in [0.2, 0.25) is 0 Å². The van der Waals surface area contributed by atoms with Gasteiger partial charge in [0.2, 0.25) is 11.8 Å². The fourth-order valence-corrected chi connectivity index (χ4v) is 7.31. The minimum absolute atomic E-state index is 0.166. The maximum Gasteiger partial charge on any atom is 0.407 e. The Morgan fingerprint density at radius 3 is 2.04 bits per heavy atom. The SMILES string of the molecule is CCCc1nc([C@@H]2CCCN2C(=O)[C@H](C)NC(=O)OC)[nH]c1-c1ccc(-c2ccc(-c3c[nH]c([C@@H]4CCCN4C(=O)[C@H](C)N(C)C(=O)O)n3)cc2)cc1. The number of aryl methyl sites for hydroxylation is 1. The van der Waals surface area contributed by atoms with Gasteiger partial charge in [-0.2, -0.15) is 0 Å². The number of hydrogen-bond acceptors (Lipinski definition) is 7. The molecule has 0 aliphatic carbocycles. The summed E-state index contributed by atoms with van der Waals surface area (Å²) in [5.74, 6) is 1.06. The minimum Gasteiger partial charge on any atom is -0.465 e. The summed E-state index contributed by atoms with van der Waals surface area (Å²) in [6.45, 7) is 6.55. The maximum absolute atomic E-state index is 13.3. The Labute approximate surface area is 308 Å². The smallest absolute Gasteiger partial charge is 0.407 e. The summed E-state index contributed by atoms with van der Waals surface area (Å²) < 4.78 is 4.68. The van der Waals surface area contributed by atoms with E-state index in [2.05, 4.69) is 63.3 Å². The summed E-state index contributed by atoms with van der Waals surface area (Å²) in [5.41, 5.74) is 6.74. The number of aromatic amines is 2. The van der Waals surface area contributed by atoms with Gasteiger partial charge >= 0.3 is 12.2 Å². The molecule has 4 amide bonds. The van der Waals surface area contributed by atoms with Gasteiger partial charge in [0.05, 0.1) is 36.3 Å². The van der Waals surface area contributed by atoms with E-state index in [1.165, 1.54) is 14.2 Å². The van der Waals surface area contributed by atoms with E-state index in [4.69, 9.17) is 9.97 Å². The number of hydrogen-bond donors (Lipinski definition) is 4. The van der Waals surface area contributed by atoms with E-state index in [1.54, 1.807) is 23.6 Å². The molecule has 4 atom stereocenters. The number of H-pyrrole nitrogens is 2. The number of imidazole rings is 2. The third-order valence-corrected chi connectivity index (χ3v) is 10.4. The molecule has 14 nitrogen and oxygen atoms in total. The van der Waals surface area contributed by atoms with Crippen LogP contribution in [0.3, 0.4) is 0 Å². The van der Waals surface area contributed by atoms with E-state index in [9.17, 15) is 24.3 Å². The molecule has 0 saturated carbocycles. The lowest BCUT2D eigenvalue weighted by atomic mass is 10.00. The first-order valence-electron chi connectivity index (χ1n) is 18.3. The summed E-state index contributed by atoms with van der Waals surface area (Å²) in [4.78, 5) is 70.8. The van der Waals surface area contributed by atoms with E-state index in [1.807, 2.05) is 18.3 Å². The number of ether oxygens (including phenoxy) is 1. The molecule has 0 radical (unpaired) electrons. The first-order valence-corrected chi connectivity index (χ1v) is 18.3. The molecule has 14 heteroatoms. The monoisotopic (exact) mass is 724 g/mol. The van der Waals surface area contributed by atoms with Crippen LogP contribution >= 0.6 is 0 Å². The van der Waals surface area contributed by atoms with E-state index >= 15 is 0 Å². The van der Waals surface area contributed by atoms with Crippen molar-refractivity contribution >= 4 is 24.0 Å². The Balaban J connectivity index is 1.15. The Morgan fingerprint density at radius 1 is 0.887 bits per heavy atom. The number of amides is 4.